The van der Waals surface area contributed by atoms with Crippen LogP contribution in [-0.2, 0) is 5.41 Å². The van der Waals surface area contributed by atoms with Crippen molar-refractivity contribution in [1.82, 2.24) is 25.4 Å². The Balaban J connectivity index is 1.23. The Morgan fingerprint density at radius 3 is 2.29 bits per heavy atom. The molecule has 35 heavy (non-hydrogen) atoms. The van der Waals surface area contributed by atoms with Crippen LogP contribution >= 0.6 is 0 Å². The Morgan fingerprint density at radius 2 is 1.71 bits per heavy atom. The summed E-state index contributed by atoms with van der Waals surface area (Å²) in [6, 6.07) is 1.61. The van der Waals surface area contributed by atoms with Crippen LogP contribution in [0.4, 0.5) is 17.6 Å². The Labute approximate surface area is 196 Å². The van der Waals surface area contributed by atoms with Gasteiger partial charge in [0, 0.05) is 17.5 Å². The second kappa shape index (κ2) is 8.58. The Kier molecular flexibility index (Phi) is 5.68. The summed E-state index contributed by atoms with van der Waals surface area (Å²) < 4.78 is 57.9. The molecule has 1 aromatic carbocycles. The summed E-state index contributed by atoms with van der Waals surface area (Å²) in [4.78, 5) is 24.5. The fraction of sp³-hybridized carbons (Fsp3) is 0.435. The minimum Gasteiger partial charge on any atom is -0.503 e. The smallest absolute Gasteiger partial charge is 0.281 e. The number of aromatic hydroxyl groups is 1. The zero-order valence-electron chi connectivity index (χ0n) is 18.4. The predicted octanol–water partition coefficient (Wildman–Crippen LogP) is 4.47. The Morgan fingerprint density at radius 1 is 1.06 bits per heavy atom. The first-order chi connectivity index (χ1) is 16.7. The highest BCUT2D eigenvalue weighted by Gasteiger charge is 2.51. The van der Waals surface area contributed by atoms with E-state index in [1.54, 1.807) is 0 Å². The van der Waals surface area contributed by atoms with Crippen LogP contribution in [0.3, 0.4) is 0 Å². The van der Waals surface area contributed by atoms with Crippen LogP contribution < -0.4 is 5.32 Å². The first-order valence-electron chi connectivity index (χ1n) is 11.1. The number of aromatic nitrogens is 4. The number of amides is 1. The first kappa shape index (κ1) is 23.2. The molecule has 0 radical (unpaired) electrons. The summed E-state index contributed by atoms with van der Waals surface area (Å²) in [7, 11) is 0. The van der Waals surface area contributed by atoms with E-state index in [4.69, 9.17) is 4.52 Å². The lowest BCUT2D eigenvalue weighted by Gasteiger charge is -2.52. The number of phenolic OH excluding ortho intramolecular Hbond substituents is 1. The van der Waals surface area contributed by atoms with Crippen LogP contribution in [0.5, 0.6) is 5.75 Å². The zero-order valence-corrected chi connectivity index (χ0v) is 18.4. The Bertz CT molecular complexity index is 1220. The van der Waals surface area contributed by atoms with Crippen LogP contribution in [0, 0.1) is 17.0 Å². The number of hydrogen-bond acceptors (Lipinski definition) is 7. The molecule has 2 heterocycles. The van der Waals surface area contributed by atoms with Gasteiger partial charge in [-0.1, -0.05) is 5.16 Å². The van der Waals surface area contributed by atoms with Gasteiger partial charge in [-0.2, -0.15) is 4.98 Å². The minimum atomic E-state index is -2.72. The highest BCUT2D eigenvalue weighted by molar-refractivity contribution is 5.94. The standard InChI is InChI=1S/C23H21F4N5O3/c24-13-7-12(8-14(25)17(13)33)19(34)30-11-22-1-4-23(5-2-22,6-3-22)21-31-20(35-32-21)16-10-28-15(9-29-16)18(26)27/h7-10,18,33H,1-6,11H2,(H,30,34). The van der Waals surface area contributed by atoms with Gasteiger partial charge in [0.1, 0.15) is 11.4 Å². The second-order valence-electron chi connectivity index (χ2n) is 9.30. The molecule has 0 atom stereocenters. The number of carbonyl (C=O) groups is 1. The number of hydrogen-bond donors (Lipinski definition) is 2. The SMILES string of the molecule is O=C(NCC12CCC(c3noc(-c4cnc(C(F)F)cn4)n3)(CC1)CC2)c1cc(F)c(O)c(F)c1. The zero-order chi connectivity index (χ0) is 24.8. The van der Waals surface area contributed by atoms with Gasteiger partial charge in [-0.15, -0.1) is 0 Å². The number of phenols is 1. The molecule has 3 fully saturated rings. The van der Waals surface area contributed by atoms with Gasteiger partial charge >= 0.3 is 0 Å². The van der Waals surface area contributed by atoms with Gasteiger partial charge in [-0.05, 0) is 56.1 Å². The molecule has 3 aromatic rings. The van der Waals surface area contributed by atoms with Crippen LogP contribution in [0.25, 0.3) is 11.6 Å². The second-order valence-corrected chi connectivity index (χ2v) is 9.30. The van der Waals surface area contributed by atoms with Crippen molar-refractivity contribution in [2.24, 2.45) is 5.41 Å². The molecule has 0 unspecified atom stereocenters. The maximum atomic E-state index is 13.6. The third-order valence-corrected chi connectivity index (χ3v) is 7.32. The molecule has 0 saturated heterocycles. The van der Waals surface area contributed by atoms with Crippen LogP contribution in [-0.4, -0.2) is 37.7 Å². The largest absolute Gasteiger partial charge is 0.503 e. The fourth-order valence-corrected chi connectivity index (χ4v) is 5.03. The van der Waals surface area contributed by atoms with Crippen molar-refractivity contribution in [3.05, 3.63) is 53.2 Å². The van der Waals surface area contributed by atoms with Gasteiger partial charge in [0.05, 0.1) is 12.4 Å². The Hall–Kier alpha value is -3.57. The average molecular weight is 491 g/mol. The number of fused-ring (bicyclic) bond motifs is 3. The highest BCUT2D eigenvalue weighted by atomic mass is 19.3. The highest BCUT2D eigenvalue weighted by Crippen LogP contribution is 2.57. The third-order valence-electron chi connectivity index (χ3n) is 7.32. The van der Waals surface area contributed by atoms with Crippen LogP contribution in [0.15, 0.2) is 29.0 Å². The molecule has 184 valence electrons. The number of alkyl halides is 2. The third kappa shape index (κ3) is 4.21. The van der Waals surface area contributed by atoms with Gasteiger partial charge in [-0.3, -0.25) is 9.78 Å². The average Bonchev–Trinajstić information content (AvgIpc) is 3.38. The van der Waals surface area contributed by atoms with E-state index in [9.17, 15) is 27.5 Å². The van der Waals surface area contributed by atoms with E-state index in [1.807, 2.05) is 0 Å². The van der Waals surface area contributed by atoms with E-state index in [0.29, 0.717) is 12.4 Å². The number of rotatable bonds is 6. The molecule has 2 aromatic heterocycles. The summed E-state index contributed by atoms with van der Waals surface area (Å²) in [5.41, 5.74) is -0.841. The van der Waals surface area contributed by atoms with E-state index in [1.165, 1.54) is 6.20 Å². The predicted molar refractivity (Wildman–Crippen MR) is 112 cm³/mol. The quantitative estimate of drug-likeness (QED) is 0.489. The molecule has 3 saturated carbocycles. The van der Waals surface area contributed by atoms with Crippen LogP contribution in [0.1, 0.15) is 66.8 Å². The van der Waals surface area contributed by atoms with Crippen molar-refractivity contribution in [2.75, 3.05) is 6.54 Å². The van der Waals surface area contributed by atoms with Crippen molar-refractivity contribution < 1.29 is 32.0 Å². The number of nitrogens with one attached hydrogen (secondary N) is 1. The molecule has 2 bridgehead atoms. The molecule has 3 aliphatic carbocycles. The summed E-state index contributed by atoms with van der Waals surface area (Å²) in [6.07, 6.45) is 4.10. The van der Waals surface area contributed by atoms with Gasteiger partial charge < -0.3 is 14.9 Å². The molecule has 0 aliphatic heterocycles. The van der Waals surface area contributed by atoms with E-state index in [2.05, 4.69) is 25.4 Å². The van der Waals surface area contributed by atoms with E-state index in [-0.39, 0.29) is 28.0 Å². The molecule has 2 N–H and O–H groups in total. The normalized spacial score (nSPS) is 23.6. The van der Waals surface area contributed by atoms with Gasteiger partial charge in [0.15, 0.2) is 23.2 Å². The summed E-state index contributed by atoms with van der Waals surface area (Å²) >= 11 is 0. The summed E-state index contributed by atoms with van der Waals surface area (Å²) in [5, 5.41) is 16.1. The lowest BCUT2D eigenvalue weighted by atomic mass is 9.53. The lowest BCUT2D eigenvalue weighted by molar-refractivity contribution is 0.0335. The first-order valence-corrected chi connectivity index (χ1v) is 11.1. The maximum absolute atomic E-state index is 13.6. The molecule has 12 heteroatoms. The number of nitrogens with zero attached hydrogens (tertiary/aromatic N) is 4. The van der Waals surface area contributed by atoms with Crippen LogP contribution in [0.2, 0.25) is 0 Å². The summed E-state index contributed by atoms with van der Waals surface area (Å²) in [5.74, 6) is -3.45. The van der Waals surface area contributed by atoms with Crippen molar-refractivity contribution in [1.29, 1.82) is 0 Å². The van der Waals surface area contributed by atoms with Crippen molar-refractivity contribution in [3.63, 3.8) is 0 Å². The van der Waals surface area contributed by atoms with Gasteiger partial charge in [0.2, 0.25) is 0 Å². The van der Waals surface area contributed by atoms with Crippen molar-refractivity contribution in [3.8, 4) is 17.3 Å². The molecule has 0 spiro atoms. The lowest BCUT2D eigenvalue weighted by Crippen LogP contribution is -2.49. The van der Waals surface area contributed by atoms with Crippen molar-refractivity contribution in [2.45, 2.75) is 50.4 Å². The molecule has 1 amide bonds. The molecule has 6 rings (SSSR count). The molecular formula is C23H21F4N5O3. The van der Waals surface area contributed by atoms with Gasteiger partial charge in [-0.25, -0.2) is 22.5 Å². The summed E-state index contributed by atoms with van der Waals surface area (Å²) in [6.45, 7) is 0.357. The maximum Gasteiger partial charge on any atom is 0.281 e. The van der Waals surface area contributed by atoms with Crippen molar-refractivity contribution >= 4 is 5.91 Å². The van der Waals surface area contributed by atoms with Gasteiger partial charge in [0.25, 0.3) is 18.2 Å². The number of halogens is 4. The molecular weight excluding hydrogens is 470 g/mol. The van der Waals surface area contributed by atoms with E-state index >= 15 is 0 Å². The van der Waals surface area contributed by atoms with E-state index in [0.717, 1.165) is 56.9 Å². The fourth-order valence-electron chi connectivity index (χ4n) is 5.03. The topological polar surface area (TPSA) is 114 Å². The monoisotopic (exact) mass is 491 g/mol. The van der Waals surface area contributed by atoms with E-state index < -0.39 is 35.4 Å². The number of carbonyl (C=O) groups excluding carboxylic acids is 1. The minimum absolute atomic E-state index is 0.116. The number of benzene rings is 1. The molecule has 3 aliphatic rings. The molecule has 8 nitrogen and oxygen atoms in total.